The number of carbonyl (C=O) groups excluding carboxylic acids is 1. The third-order valence-electron chi connectivity index (χ3n) is 4.96. The van der Waals surface area contributed by atoms with Gasteiger partial charge in [0.1, 0.15) is 5.82 Å². The molecule has 126 valence electrons. The summed E-state index contributed by atoms with van der Waals surface area (Å²) in [7, 11) is 0. The SMILES string of the molecule is Cc1cc(C)c2c(N3CCCC3)nc(C(=O)N3CCCC3)nc2n1. The minimum atomic E-state index is -0.0594. The highest BCUT2D eigenvalue weighted by molar-refractivity contribution is 5.97. The number of carbonyl (C=O) groups is 1. The predicted octanol–water partition coefficient (Wildman–Crippen LogP) is 2.48. The molecule has 2 aliphatic rings. The molecule has 0 saturated carbocycles. The number of rotatable bonds is 2. The fourth-order valence-electron chi connectivity index (χ4n) is 3.77. The topological polar surface area (TPSA) is 62.2 Å². The number of fused-ring (bicyclic) bond motifs is 1. The molecule has 2 fully saturated rings. The molecule has 2 aromatic heterocycles. The summed E-state index contributed by atoms with van der Waals surface area (Å²) >= 11 is 0. The monoisotopic (exact) mass is 325 g/mol. The molecule has 4 rings (SSSR count). The van der Waals surface area contributed by atoms with E-state index in [0.29, 0.717) is 11.5 Å². The van der Waals surface area contributed by atoms with Crippen molar-refractivity contribution in [2.45, 2.75) is 39.5 Å². The normalized spacial score (nSPS) is 17.9. The predicted molar refractivity (Wildman–Crippen MR) is 93.4 cm³/mol. The Kier molecular flexibility index (Phi) is 3.82. The smallest absolute Gasteiger partial charge is 0.291 e. The second kappa shape index (κ2) is 6.00. The van der Waals surface area contributed by atoms with Crippen LogP contribution in [0.4, 0.5) is 5.82 Å². The molecule has 6 nitrogen and oxygen atoms in total. The van der Waals surface area contributed by atoms with Crippen LogP contribution in [0.25, 0.3) is 11.0 Å². The van der Waals surface area contributed by atoms with Gasteiger partial charge in [0.2, 0.25) is 5.82 Å². The number of likely N-dealkylation sites (tertiary alicyclic amines) is 1. The van der Waals surface area contributed by atoms with Crippen molar-refractivity contribution in [3.8, 4) is 0 Å². The van der Waals surface area contributed by atoms with Crippen LogP contribution in [0.5, 0.6) is 0 Å². The number of anilines is 1. The summed E-state index contributed by atoms with van der Waals surface area (Å²) < 4.78 is 0. The summed E-state index contributed by atoms with van der Waals surface area (Å²) in [5.41, 5.74) is 2.69. The summed E-state index contributed by atoms with van der Waals surface area (Å²) in [6.45, 7) is 7.61. The number of nitrogens with zero attached hydrogens (tertiary/aromatic N) is 5. The van der Waals surface area contributed by atoms with E-state index in [9.17, 15) is 4.79 Å². The fourth-order valence-corrected chi connectivity index (χ4v) is 3.77. The number of hydrogen-bond acceptors (Lipinski definition) is 5. The van der Waals surface area contributed by atoms with Crippen LogP contribution in [0.15, 0.2) is 6.07 Å². The lowest BCUT2D eigenvalue weighted by molar-refractivity contribution is 0.0781. The lowest BCUT2D eigenvalue weighted by Crippen LogP contribution is -2.30. The van der Waals surface area contributed by atoms with Crippen molar-refractivity contribution in [3.63, 3.8) is 0 Å². The lowest BCUT2D eigenvalue weighted by atomic mass is 10.1. The third kappa shape index (κ3) is 2.60. The average Bonchev–Trinajstić information content (AvgIpc) is 3.26. The van der Waals surface area contributed by atoms with E-state index in [1.54, 1.807) is 0 Å². The molecule has 0 unspecified atom stereocenters. The van der Waals surface area contributed by atoms with Crippen molar-refractivity contribution in [3.05, 3.63) is 23.1 Å². The van der Waals surface area contributed by atoms with Gasteiger partial charge in [-0.1, -0.05) is 0 Å². The van der Waals surface area contributed by atoms with E-state index < -0.39 is 0 Å². The van der Waals surface area contributed by atoms with Crippen LogP contribution in [0.1, 0.15) is 47.6 Å². The highest BCUT2D eigenvalue weighted by atomic mass is 16.2. The average molecular weight is 325 g/mol. The Morgan fingerprint density at radius 1 is 0.958 bits per heavy atom. The molecule has 2 saturated heterocycles. The maximum absolute atomic E-state index is 12.8. The lowest BCUT2D eigenvalue weighted by Gasteiger charge is -2.21. The molecule has 24 heavy (non-hydrogen) atoms. The van der Waals surface area contributed by atoms with Crippen LogP contribution in [-0.4, -0.2) is 51.9 Å². The van der Waals surface area contributed by atoms with Crippen molar-refractivity contribution in [2.75, 3.05) is 31.1 Å². The molecule has 0 spiro atoms. The second-order valence-corrected chi connectivity index (χ2v) is 6.84. The first-order valence-electron chi connectivity index (χ1n) is 8.84. The number of aryl methyl sites for hydroxylation is 2. The van der Waals surface area contributed by atoms with Crippen LogP contribution < -0.4 is 4.90 Å². The molecule has 0 N–H and O–H groups in total. The Hall–Kier alpha value is -2.24. The van der Waals surface area contributed by atoms with Crippen molar-refractivity contribution in [1.29, 1.82) is 0 Å². The van der Waals surface area contributed by atoms with E-state index in [1.165, 1.54) is 12.8 Å². The summed E-state index contributed by atoms with van der Waals surface area (Å²) in [6, 6.07) is 2.06. The highest BCUT2D eigenvalue weighted by Gasteiger charge is 2.26. The van der Waals surface area contributed by atoms with Gasteiger partial charge in [0.05, 0.1) is 5.39 Å². The van der Waals surface area contributed by atoms with E-state index in [-0.39, 0.29) is 5.91 Å². The molecular formula is C18H23N5O. The van der Waals surface area contributed by atoms with E-state index in [4.69, 9.17) is 4.98 Å². The van der Waals surface area contributed by atoms with Crippen LogP contribution in [0.3, 0.4) is 0 Å². The first-order valence-corrected chi connectivity index (χ1v) is 8.84. The van der Waals surface area contributed by atoms with Gasteiger partial charge in [-0.25, -0.2) is 15.0 Å². The molecule has 2 aliphatic heterocycles. The van der Waals surface area contributed by atoms with E-state index in [0.717, 1.165) is 61.5 Å². The zero-order valence-electron chi connectivity index (χ0n) is 14.4. The zero-order valence-corrected chi connectivity index (χ0v) is 14.4. The Morgan fingerprint density at radius 3 is 2.33 bits per heavy atom. The summed E-state index contributed by atoms with van der Waals surface area (Å²) in [5, 5.41) is 0.987. The number of hydrogen-bond donors (Lipinski definition) is 0. The molecule has 0 bridgehead atoms. The van der Waals surface area contributed by atoms with Gasteiger partial charge in [0.15, 0.2) is 5.65 Å². The van der Waals surface area contributed by atoms with Crippen LogP contribution in [0.2, 0.25) is 0 Å². The summed E-state index contributed by atoms with van der Waals surface area (Å²) in [6.07, 6.45) is 4.46. The number of aromatic nitrogens is 3. The van der Waals surface area contributed by atoms with Gasteiger partial charge in [-0.15, -0.1) is 0 Å². The second-order valence-electron chi connectivity index (χ2n) is 6.84. The molecule has 6 heteroatoms. The van der Waals surface area contributed by atoms with Gasteiger partial charge in [0, 0.05) is 31.9 Å². The van der Waals surface area contributed by atoms with Crippen molar-refractivity contribution < 1.29 is 4.79 Å². The largest absolute Gasteiger partial charge is 0.356 e. The maximum atomic E-state index is 12.8. The van der Waals surface area contributed by atoms with E-state index in [2.05, 4.69) is 27.9 Å². The molecule has 1 amide bonds. The van der Waals surface area contributed by atoms with Gasteiger partial charge in [-0.2, -0.15) is 0 Å². The van der Waals surface area contributed by atoms with Gasteiger partial charge in [0.25, 0.3) is 5.91 Å². The number of pyridine rings is 1. The molecule has 4 heterocycles. The first-order chi connectivity index (χ1) is 11.6. The zero-order chi connectivity index (χ0) is 16.7. The molecular weight excluding hydrogens is 302 g/mol. The summed E-state index contributed by atoms with van der Waals surface area (Å²) in [5.74, 6) is 1.12. The Labute approximate surface area is 141 Å². The van der Waals surface area contributed by atoms with E-state index in [1.807, 2.05) is 11.8 Å². The van der Waals surface area contributed by atoms with E-state index >= 15 is 0 Å². The van der Waals surface area contributed by atoms with Gasteiger partial charge >= 0.3 is 0 Å². The minimum Gasteiger partial charge on any atom is -0.356 e. The van der Waals surface area contributed by atoms with Gasteiger partial charge in [-0.05, 0) is 51.2 Å². The minimum absolute atomic E-state index is 0.0594. The Balaban J connectivity index is 1.87. The van der Waals surface area contributed by atoms with Crippen LogP contribution >= 0.6 is 0 Å². The van der Waals surface area contributed by atoms with Crippen LogP contribution in [-0.2, 0) is 0 Å². The summed E-state index contributed by atoms with van der Waals surface area (Å²) in [4.78, 5) is 30.7. The quantitative estimate of drug-likeness (QED) is 0.849. The molecule has 2 aromatic rings. The molecule has 0 aliphatic carbocycles. The molecule has 0 atom stereocenters. The highest BCUT2D eigenvalue weighted by Crippen LogP contribution is 2.29. The Bertz CT molecular complexity index is 792. The van der Waals surface area contributed by atoms with Gasteiger partial charge < -0.3 is 9.80 Å². The van der Waals surface area contributed by atoms with Crippen molar-refractivity contribution in [2.24, 2.45) is 0 Å². The fraction of sp³-hybridized carbons (Fsp3) is 0.556. The van der Waals surface area contributed by atoms with Gasteiger partial charge in [-0.3, -0.25) is 4.79 Å². The standard InChI is InChI=1S/C18H23N5O/c1-12-11-13(2)19-15-14(12)17(22-7-3-4-8-22)21-16(20-15)18(24)23-9-5-6-10-23/h11H,3-10H2,1-2H3. The maximum Gasteiger partial charge on any atom is 0.291 e. The number of amides is 1. The Morgan fingerprint density at radius 2 is 1.62 bits per heavy atom. The first kappa shape index (κ1) is 15.3. The molecule has 0 aromatic carbocycles. The van der Waals surface area contributed by atoms with Crippen molar-refractivity contribution >= 4 is 22.8 Å². The van der Waals surface area contributed by atoms with Crippen LogP contribution in [0, 0.1) is 13.8 Å². The molecule has 0 radical (unpaired) electrons. The van der Waals surface area contributed by atoms with Crippen molar-refractivity contribution in [1.82, 2.24) is 19.9 Å². The third-order valence-corrected chi connectivity index (χ3v) is 4.96.